The van der Waals surface area contributed by atoms with Crippen LogP contribution in [-0.4, -0.2) is 56.5 Å². The smallest absolute Gasteiger partial charge is 0.410 e. The molecule has 0 bridgehead atoms. The molecule has 1 aromatic rings. The molecule has 2 rings (SSSR count). The van der Waals surface area contributed by atoms with Crippen LogP contribution < -0.4 is 0 Å². The van der Waals surface area contributed by atoms with Gasteiger partial charge >= 0.3 is 6.09 Å². The molecule has 1 aliphatic heterocycles. The standard InChI is InChI=1S/C13H20N4O4/c1-13(2,3)21-12(19)17-6-5-9-8(7-17)10(15-14-9)11(18)16(4)20/h20H,5-7H2,1-4H3,(H,14,15)/i4D3. The van der Waals surface area contributed by atoms with Crippen LogP contribution >= 0.6 is 0 Å². The fourth-order valence-electron chi connectivity index (χ4n) is 2.05. The quantitative estimate of drug-likeness (QED) is 0.599. The van der Waals surface area contributed by atoms with Crippen molar-refractivity contribution in [2.75, 3.05) is 13.5 Å². The van der Waals surface area contributed by atoms with Gasteiger partial charge in [0.25, 0.3) is 5.91 Å². The van der Waals surface area contributed by atoms with Gasteiger partial charge in [0.2, 0.25) is 0 Å². The molecular weight excluding hydrogens is 276 g/mol. The minimum absolute atomic E-state index is 0.0384. The number of H-pyrrole nitrogens is 1. The summed E-state index contributed by atoms with van der Waals surface area (Å²) in [4.78, 5) is 25.7. The zero-order valence-corrected chi connectivity index (χ0v) is 12.1. The van der Waals surface area contributed by atoms with Crippen LogP contribution in [0.15, 0.2) is 0 Å². The topological polar surface area (TPSA) is 98.8 Å². The Morgan fingerprint density at radius 1 is 1.52 bits per heavy atom. The van der Waals surface area contributed by atoms with Crippen molar-refractivity contribution in [2.24, 2.45) is 0 Å². The van der Waals surface area contributed by atoms with E-state index in [-0.39, 0.29) is 17.3 Å². The maximum Gasteiger partial charge on any atom is 0.410 e. The number of carbonyl (C=O) groups excluding carboxylic acids is 2. The lowest BCUT2D eigenvalue weighted by Gasteiger charge is -2.30. The monoisotopic (exact) mass is 299 g/mol. The summed E-state index contributed by atoms with van der Waals surface area (Å²) in [6.07, 6.45) is -0.127. The first-order valence-electron chi connectivity index (χ1n) is 7.97. The summed E-state index contributed by atoms with van der Waals surface area (Å²) in [5.41, 5.74) is 0.115. The maximum absolute atomic E-state index is 12.2. The number of carbonyl (C=O) groups is 2. The molecule has 2 heterocycles. The van der Waals surface area contributed by atoms with Gasteiger partial charge in [-0.3, -0.25) is 15.1 Å². The molecule has 21 heavy (non-hydrogen) atoms. The first kappa shape index (κ1) is 11.6. The van der Waals surface area contributed by atoms with Crippen LogP contribution in [0.1, 0.15) is 46.6 Å². The van der Waals surface area contributed by atoms with E-state index in [4.69, 9.17) is 8.85 Å². The van der Waals surface area contributed by atoms with Crippen LogP contribution in [0.3, 0.4) is 0 Å². The van der Waals surface area contributed by atoms with Crippen molar-refractivity contribution in [3.05, 3.63) is 17.0 Å². The Labute approximate surface area is 126 Å². The van der Waals surface area contributed by atoms with Gasteiger partial charge in [0.15, 0.2) is 5.69 Å². The van der Waals surface area contributed by atoms with E-state index in [0.29, 0.717) is 24.2 Å². The molecular formula is C13H20N4O4. The molecule has 0 fully saturated rings. The summed E-state index contributed by atoms with van der Waals surface area (Å²) >= 11 is 0. The van der Waals surface area contributed by atoms with Crippen LogP contribution in [0.25, 0.3) is 0 Å². The molecule has 0 radical (unpaired) electrons. The number of hydrogen-bond acceptors (Lipinski definition) is 5. The number of aromatic amines is 1. The first-order valence-corrected chi connectivity index (χ1v) is 6.47. The molecule has 0 spiro atoms. The predicted molar refractivity (Wildman–Crippen MR) is 72.8 cm³/mol. The zero-order valence-electron chi connectivity index (χ0n) is 15.1. The van der Waals surface area contributed by atoms with Gasteiger partial charge in [-0.15, -0.1) is 0 Å². The maximum atomic E-state index is 12.2. The molecule has 8 nitrogen and oxygen atoms in total. The van der Waals surface area contributed by atoms with E-state index in [2.05, 4.69) is 10.2 Å². The molecule has 116 valence electrons. The highest BCUT2D eigenvalue weighted by Crippen LogP contribution is 2.22. The van der Waals surface area contributed by atoms with Gasteiger partial charge in [0, 0.05) is 35.3 Å². The summed E-state index contributed by atoms with van der Waals surface area (Å²) in [7, 11) is 0. The normalized spacial score (nSPS) is 17.3. The summed E-state index contributed by atoms with van der Waals surface area (Å²) in [5.74, 6) is -1.15. The van der Waals surface area contributed by atoms with Crippen molar-refractivity contribution >= 4 is 12.0 Å². The summed E-state index contributed by atoms with van der Waals surface area (Å²) in [6.45, 7) is 2.64. The van der Waals surface area contributed by atoms with Gasteiger partial charge in [-0.2, -0.15) is 5.10 Å². The molecule has 2 amide bonds. The van der Waals surface area contributed by atoms with Crippen LogP contribution in [0.2, 0.25) is 0 Å². The average Bonchev–Trinajstić information content (AvgIpc) is 2.85. The van der Waals surface area contributed by atoms with Gasteiger partial charge in [-0.1, -0.05) is 0 Å². The second-order valence-electron chi connectivity index (χ2n) is 5.80. The van der Waals surface area contributed by atoms with E-state index in [9.17, 15) is 14.8 Å². The number of hydroxylamine groups is 2. The summed E-state index contributed by atoms with van der Waals surface area (Å²) < 4.78 is 26.5. The molecule has 1 aliphatic rings. The third-order valence-corrected chi connectivity index (χ3v) is 2.98. The Morgan fingerprint density at radius 2 is 2.24 bits per heavy atom. The van der Waals surface area contributed by atoms with Gasteiger partial charge in [-0.05, 0) is 20.8 Å². The fourth-order valence-corrected chi connectivity index (χ4v) is 2.05. The average molecular weight is 299 g/mol. The van der Waals surface area contributed by atoms with Crippen LogP contribution in [0.4, 0.5) is 4.79 Å². The number of aromatic nitrogens is 2. The lowest BCUT2D eigenvalue weighted by molar-refractivity contribution is -0.0381. The zero-order chi connectivity index (χ0) is 18.3. The Morgan fingerprint density at radius 3 is 2.86 bits per heavy atom. The lowest BCUT2D eigenvalue weighted by Crippen LogP contribution is -2.40. The SMILES string of the molecule is [2H]C([2H])([2H])N(O)C(=O)c1n[nH]c2c1CN(C(=O)OC(C)(C)C)CC2. The second-order valence-corrected chi connectivity index (χ2v) is 5.80. The Hall–Kier alpha value is -2.09. The molecule has 0 atom stereocenters. The number of fused-ring (bicyclic) bond motifs is 1. The van der Waals surface area contributed by atoms with Crippen molar-refractivity contribution < 1.29 is 23.6 Å². The number of rotatable bonds is 1. The Bertz CT molecular complexity index is 651. The van der Waals surface area contributed by atoms with Gasteiger partial charge in [0.1, 0.15) is 5.60 Å². The lowest BCUT2D eigenvalue weighted by atomic mass is 10.1. The number of hydrogen-bond donors (Lipinski definition) is 2. The highest BCUT2D eigenvalue weighted by atomic mass is 16.6. The van der Waals surface area contributed by atoms with Crippen molar-refractivity contribution in [1.82, 2.24) is 20.2 Å². The van der Waals surface area contributed by atoms with Gasteiger partial charge in [-0.25, -0.2) is 9.86 Å². The van der Waals surface area contributed by atoms with Crippen LogP contribution in [0, 0.1) is 0 Å². The largest absolute Gasteiger partial charge is 0.444 e. The fraction of sp³-hybridized carbons (Fsp3) is 0.615. The number of amides is 2. The van der Waals surface area contributed by atoms with E-state index >= 15 is 0 Å². The van der Waals surface area contributed by atoms with E-state index in [1.165, 1.54) is 4.90 Å². The molecule has 0 aromatic carbocycles. The van der Waals surface area contributed by atoms with Crippen LogP contribution in [-0.2, 0) is 17.7 Å². The van der Waals surface area contributed by atoms with E-state index in [1.54, 1.807) is 20.8 Å². The Balaban J connectivity index is 2.21. The summed E-state index contributed by atoms with van der Waals surface area (Å²) in [5, 5.41) is 15.6. The third kappa shape index (κ3) is 3.33. The molecule has 2 N–H and O–H groups in total. The molecule has 0 saturated carbocycles. The van der Waals surface area contributed by atoms with Crippen LogP contribution in [0.5, 0.6) is 0 Å². The third-order valence-electron chi connectivity index (χ3n) is 2.98. The number of nitrogens with zero attached hydrogens (tertiary/aromatic N) is 3. The predicted octanol–water partition coefficient (Wildman–Crippen LogP) is 1.16. The van der Waals surface area contributed by atoms with Gasteiger partial charge in [0.05, 0.1) is 6.54 Å². The second kappa shape index (κ2) is 5.36. The number of nitrogens with one attached hydrogen (secondary N) is 1. The molecule has 1 aromatic heterocycles. The van der Waals surface area contributed by atoms with E-state index < -0.39 is 24.6 Å². The van der Waals surface area contributed by atoms with Crippen molar-refractivity contribution in [3.8, 4) is 0 Å². The highest BCUT2D eigenvalue weighted by molar-refractivity contribution is 5.93. The minimum Gasteiger partial charge on any atom is -0.444 e. The van der Waals surface area contributed by atoms with E-state index in [1.807, 2.05) is 0 Å². The highest BCUT2D eigenvalue weighted by Gasteiger charge is 2.30. The van der Waals surface area contributed by atoms with E-state index in [0.717, 1.165) is 0 Å². The van der Waals surface area contributed by atoms with Gasteiger partial charge < -0.3 is 9.64 Å². The molecule has 0 aliphatic carbocycles. The Kier molecular flexibility index (Phi) is 2.95. The molecule has 0 saturated heterocycles. The van der Waals surface area contributed by atoms with Crippen molar-refractivity contribution in [1.29, 1.82) is 0 Å². The minimum atomic E-state index is -3.00. The molecule has 8 heteroatoms. The first-order chi connectivity index (χ1) is 10.9. The van der Waals surface area contributed by atoms with Crippen molar-refractivity contribution in [2.45, 2.75) is 39.3 Å². The number of ether oxygens (including phenoxy) is 1. The van der Waals surface area contributed by atoms with Crippen molar-refractivity contribution in [3.63, 3.8) is 0 Å². The summed E-state index contributed by atoms with van der Waals surface area (Å²) in [6, 6.07) is 0. The molecule has 0 unspecified atom stereocenters.